The van der Waals surface area contributed by atoms with Gasteiger partial charge in [0.1, 0.15) is 0 Å². The van der Waals surface area contributed by atoms with Crippen molar-refractivity contribution in [3.8, 4) is 0 Å². The first-order valence-electron chi connectivity index (χ1n) is 6.15. The van der Waals surface area contributed by atoms with E-state index in [1.807, 2.05) is 13.8 Å². The Morgan fingerprint density at radius 2 is 1.62 bits per heavy atom. The molecule has 0 atom stereocenters. The Balaban J connectivity index is 0. The molecule has 5 heteroatoms. The van der Waals surface area contributed by atoms with Crippen LogP contribution >= 0.6 is 0 Å². The molecule has 0 radical (unpaired) electrons. The minimum Gasteiger partial charge on any atom is -0.411 e. The van der Waals surface area contributed by atoms with E-state index in [4.69, 9.17) is 14.7 Å². The van der Waals surface area contributed by atoms with Gasteiger partial charge in [-0.3, -0.25) is 0 Å². The van der Waals surface area contributed by atoms with Gasteiger partial charge in [-0.15, -0.1) is 0 Å². The Labute approximate surface area is 102 Å². The van der Waals surface area contributed by atoms with Crippen molar-refractivity contribution in [3.05, 3.63) is 0 Å². The van der Waals surface area contributed by atoms with Crippen LogP contribution in [0.2, 0.25) is 6.55 Å². The van der Waals surface area contributed by atoms with Crippen molar-refractivity contribution in [2.24, 2.45) is 5.16 Å². The SMILES string of the molecule is CCCOC(CC(C)=NO)OCCC.C[SiH3]. The maximum absolute atomic E-state index is 8.51. The molecule has 0 saturated heterocycles. The largest absolute Gasteiger partial charge is 0.411 e. The summed E-state index contributed by atoms with van der Waals surface area (Å²) in [7, 11) is 1.31. The zero-order valence-electron chi connectivity index (χ0n) is 11.3. The van der Waals surface area contributed by atoms with E-state index < -0.39 is 0 Å². The summed E-state index contributed by atoms with van der Waals surface area (Å²) < 4.78 is 10.9. The van der Waals surface area contributed by atoms with Crippen LogP contribution < -0.4 is 0 Å². The highest BCUT2D eigenvalue weighted by molar-refractivity contribution is 6.05. The highest BCUT2D eigenvalue weighted by Crippen LogP contribution is 2.04. The Bertz CT molecular complexity index is 157. The predicted octanol–water partition coefficient (Wildman–Crippen LogP) is 1.81. The van der Waals surface area contributed by atoms with Gasteiger partial charge in [0, 0.05) is 19.6 Å². The quantitative estimate of drug-likeness (QED) is 0.235. The van der Waals surface area contributed by atoms with Crippen molar-refractivity contribution in [1.82, 2.24) is 0 Å². The standard InChI is InChI=1S/C10H21NO3.CH6Si/c1-4-6-13-10(14-7-5-2)8-9(3)11-12;1-2/h10,12H,4-8H2,1-3H3;1-2H3. The molecular weight excluding hydrogens is 222 g/mol. The third kappa shape index (κ3) is 11.7. The van der Waals surface area contributed by atoms with Crippen LogP contribution in [-0.4, -0.2) is 40.7 Å². The lowest BCUT2D eigenvalue weighted by atomic mass is 10.3. The Kier molecular flexibility index (Phi) is 16.4. The normalized spacial score (nSPS) is 11.4. The summed E-state index contributed by atoms with van der Waals surface area (Å²) >= 11 is 0. The molecule has 0 rings (SSSR count). The van der Waals surface area contributed by atoms with Crippen LogP contribution in [0.25, 0.3) is 0 Å². The molecule has 1 N–H and O–H groups in total. The van der Waals surface area contributed by atoms with E-state index in [0.29, 0.717) is 25.3 Å². The minimum atomic E-state index is -0.272. The molecular formula is C11H27NO3Si. The summed E-state index contributed by atoms with van der Waals surface area (Å²) in [6, 6.07) is 0. The second-order valence-corrected chi connectivity index (χ2v) is 3.21. The monoisotopic (exact) mass is 249 g/mol. The van der Waals surface area contributed by atoms with Crippen molar-refractivity contribution in [3.63, 3.8) is 0 Å². The third-order valence-corrected chi connectivity index (χ3v) is 1.65. The molecule has 98 valence electrons. The Morgan fingerprint density at radius 1 is 1.19 bits per heavy atom. The van der Waals surface area contributed by atoms with E-state index in [1.165, 1.54) is 10.2 Å². The maximum Gasteiger partial charge on any atom is 0.162 e. The van der Waals surface area contributed by atoms with Gasteiger partial charge in [0.25, 0.3) is 0 Å². The molecule has 0 aromatic carbocycles. The molecule has 0 spiro atoms. The number of nitrogens with zero attached hydrogens (tertiary/aromatic N) is 1. The van der Waals surface area contributed by atoms with Gasteiger partial charge in [-0.2, -0.15) is 0 Å². The summed E-state index contributed by atoms with van der Waals surface area (Å²) in [4.78, 5) is 0. The zero-order valence-corrected chi connectivity index (χ0v) is 13.3. The van der Waals surface area contributed by atoms with Crippen LogP contribution in [0.1, 0.15) is 40.0 Å². The molecule has 4 nitrogen and oxygen atoms in total. The van der Waals surface area contributed by atoms with Gasteiger partial charge in [-0.1, -0.05) is 25.6 Å². The van der Waals surface area contributed by atoms with Crippen LogP contribution in [0.15, 0.2) is 5.16 Å². The smallest absolute Gasteiger partial charge is 0.162 e. The van der Waals surface area contributed by atoms with Gasteiger partial charge in [0.15, 0.2) is 6.29 Å². The van der Waals surface area contributed by atoms with Crippen molar-refractivity contribution in [2.45, 2.75) is 52.9 Å². The average Bonchev–Trinajstić information content (AvgIpc) is 2.34. The summed E-state index contributed by atoms with van der Waals surface area (Å²) in [5.41, 5.74) is 0.627. The first-order chi connectivity index (χ1) is 7.74. The zero-order chi connectivity index (χ0) is 12.8. The summed E-state index contributed by atoms with van der Waals surface area (Å²) in [6.45, 7) is 9.32. The second-order valence-electron chi connectivity index (χ2n) is 3.21. The topological polar surface area (TPSA) is 51.0 Å². The molecule has 0 aliphatic carbocycles. The summed E-state index contributed by atoms with van der Waals surface area (Å²) in [5.74, 6) is 0. The van der Waals surface area contributed by atoms with Gasteiger partial charge in [-0.05, 0) is 30.0 Å². The van der Waals surface area contributed by atoms with Crippen LogP contribution in [-0.2, 0) is 9.47 Å². The molecule has 0 heterocycles. The van der Waals surface area contributed by atoms with E-state index in [-0.39, 0.29) is 6.29 Å². The van der Waals surface area contributed by atoms with Crippen molar-refractivity contribution >= 4 is 16.0 Å². The lowest BCUT2D eigenvalue weighted by molar-refractivity contribution is -0.137. The first-order valence-corrected chi connectivity index (χ1v) is 8.15. The fraction of sp³-hybridized carbons (Fsp3) is 0.909. The molecule has 0 aromatic heterocycles. The van der Waals surface area contributed by atoms with Gasteiger partial charge < -0.3 is 14.7 Å². The Hall–Kier alpha value is -0.393. The average molecular weight is 249 g/mol. The van der Waals surface area contributed by atoms with Gasteiger partial charge in [0.05, 0.1) is 5.71 Å². The Morgan fingerprint density at radius 3 is 1.94 bits per heavy atom. The van der Waals surface area contributed by atoms with Gasteiger partial charge in [0.2, 0.25) is 0 Å². The van der Waals surface area contributed by atoms with E-state index in [0.717, 1.165) is 12.8 Å². The number of oxime groups is 1. The van der Waals surface area contributed by atoms with Crippen LogP contribution in [0.4, 0.5) is 0 Å². The van der Waals surface area contributed by atoms with Crippen LogP contribution in [0, 0.1) is 0 Å². The van der Waals surface area contributed by atoms with Crippen LogP contribution in [0.3, 0.4) is 0 Å². The molecule has 16 heavy (non-hydrogen) atoms. The van der Waals surface area contributed by atoms with Gasteiger partial charge >= 0.3 is 0 Å². The highest BCUT2D eigenvalue weighted by atomic mass is 28.1. The van der Waals surface area contributed by atoms with Crippen molar-refractivity contribution in [1.29, 1.82) is 0 Å². The highest BCUT2D eigenvalue weighted by Gasteiger charge is 2.10. The number of hydrogen-bond donors (Lipinski definition) is 1. The molecule has 0 aliphatic heterocycles. The van der Waals surface area contributed by atoms with E-state index >= 15 is 0 Å². The van der Waals surface area contributed by atoms with Crippen molar-refractivity contribution in [2.75, 3.05) is 13.2 Å². The number of ether oxygens (including phenoxy) is 2. The minimum absolute atomic E-state index is 0.272. The number of hydrogen-bond acceptors (Lipinski definition) is 4. The third-order valence-electron chi connectivity index (χ3n) is 1.65. The summed E-state index contributed by atoms with van der Waals surface area (Å²) in [5, 5.41) is 11.6. The van der Waals surface area contributed by atoms with Gasteiger partial charge in [-0.25, -0.2) is 0 Å². The van der Waals surface area contributed by atoms with Crippen LogP contribution in [0.5, 0.6) is 0 Å². The molecule has 0 amide bonds. The second kappa shape index (κ2) is 14.6. The lowest BCUT2D eigenvalue weighted by Gasteiger charge is -2.17. The summed E-state index contributed by atoms with van der Waals surface area (Å²) in [6.07, 6.45) is 2.17. The van der Waals surface area contributed by atoms with Crippen molar-refractivity contribution < 1.29 is 14.7 Å². The molecule has 0 unspecified atom stereocenters. The molecule has 0 fully saturated rings. The van der Waals surface area contributed by atoms with E-state index in [2.05, 4.69) is 11.7 Å². The fourth-order valence-corrected chi connectivity index (χ4v) is 0.947. The van der Waals surface area contributed by atoms with E-state index in [9.17, 15) is 0 Å². The molecule has 0 aromatic rings. The molecule has 0 bridgehead atoms. The molecule has 0 saturated carbocycles. The maximum atomic E-state index is 8.51. The molecule has 0 aliphatic rings. The fourth-order valence-electron chi connectivity index (χ4n) is 0.947. The first kappa shape index (κ1) is 18.0. The van der Waals surface area contributed by atoms with E-state index in [1.54, 1.807) is 6.92 Å². The predicted molar refractivity (Wildman–Crippen MR) is 71.6 cm³/mol. The lowest BCUT2D eigenvalue weighted by Crippen LogP contribution is -2.21. The number of rotatable bonds is 8.